The number of amides is 2. The van der Waals surface area contributed by atoms with Crippen molar-refractivity contribution < 1.29 is 4.79 Å². The van der Waals surface area contributed by atoms with E-state index in [0.29, 0.717) is 12.1 Å². The van der Waals surface area contributed by atoms with Gasteiger partial charge in [0, 0.05) is 37.9 Å². The van der Waals surface area contributed by atoms with Crippen molar-refractivity contribution in [3.63, 3.8) is 0 Å². The Morgan fingerprint density at radius 2 is 2.08 bits per heavy atom. The van der Waals surface area contributed by atoms with Gasteiger partial charge < -0.3 is 14.8 Å². The van der Waals surface area contributed by atoms with Crippen molar-refractivity contribution in [2.45, 2.75) is 77.7 Å². The molecule has 1 N–H and O–H groups in total. The Kier molecular flexibility index (Phi) is 5.13. The summed E-state index contributed by atoms with van der Waals surface area (Å²) in [5.74, 6) is 1.01. The minimum absolute atomic E-state index is 0.0262. The first-order valence-corrected chi connectivity index (χ1v) is 9.29. The molecule has 2 heterocycles. The maximum atomic E-state index is 12.6. The molecule has 0 aromatic carbocycles. The molecule has 134 valence electrons. The Balaban J connectivity index is 1.68. The van der Waals surface area contributed by atoms with E-state index in [1.165, 1.54) is 18.5 Å². The van der Waals surface area contributed by atoms with Crippen molar-refractivity contribution in [3.8, 4) is 0 Å². The maximum Gasteiger partial charge on any atom is 0.318 e. The van der Waals surface area contributed by atoms with Crippen molar-refractivity contribution in [2.24, 2.45) is 0 Å². The van der Waals surface area contributed by atoms with Gasteiger partial charge in [-0.2, -0.15) is 0 Å². The highest BCUT2D eigenvalue weighted by Gasteiger charge is 2.31. The van der Waals surface area contributed by atoms with E-state index in [-0.39, 0.29) is 12.1 Å². The molecule has 3 rings (SSSR count). The van der Waals surface area contributed by atoms with Gasteiger partial charge in [0.2, 0.25) is 0 Å². The molecule has 0 bridgehead atoms. The van der Waals surface area contributed by atoms with Crippen molar-refractivity contribution in [1.29, 1.82) is 0 Å². The van der Waals surface area contributed by atoms with Crippen LogP contribution in [0.4, 0.5) is 4.79 Å². The number of imidazole rings is 1. The zero-order chi connectivity index (χ0) is 17.3. The first kappa shape index (κ1) is 17.3. The Morgan fingerprint density at radius 1 is 1.38 bits per heavy atom. The number of carbonyl (C=O) groups excluding carboxylic acids is 1. The SMILES string of the molecule is CC(C)N(C)Cc1cnc2n1CCN(C(=O)NC1CCCC1)C2C. The first-order valence-electron chi connectivity index (χ1n) is 9.29. The molecule has 1 aliphatic heterocycles. The lowest BCUT2D eigenvalue weighted by Crippen LogP contribution is -2.49. The van der Waals surface area contributed by atoms with E-state index in [0.717, 1.165) is 38.3 Å². The number of carbonyl (C=O) groups is 1. The Hall–Kier alpha value is -1.56. The Bertz CT molecular complexity index is 576. The second kappa shape index (κ2) is 7.13. The highest BCUT2D eigenvalue weighted by atomic mass is 16.2. The molecule has 1 atom stereocenters. The van der Waals surface area contributed by atoms with Crippen LogP contribution in [0.15, 0.2) is 6.20 Å². The smallest absolute Gasteiger partial charge is 0.318 e. The summed E-state index contributed by atoms with van der Waals surface area (Å²) in [4.78, 5) is 21.5. The van der Waals surface area contributed by atoms with Gasteiger partial charge >= 0.3 is 6.03 Å². The number of fused-ring (bicyclic) bond motifs is 1. The van der Waals surface area contributed by atoms with Crippen LogP contribution < -0.4 is 5.32 Å². The number of nitrogens with zero attached hydrogens (tertiary/aromatic N) is 4. The molecule has 6 nitrogen and oxygen atoms in total. The Morgan fingerprint density at radius 3 is 2.75 bits per heavy atom. The lowest BCUT2D eigenvalue weighted by atomic mass is 10.2. The van der Waals surface area contributed by atoms with Crippen LogP contribution in [0.1, 0.15) is 64.0 Å². The van der Waals surface area contributed by atoms with Gasteiger partial charge in [0.05, 0.1) is 11.7 Å². The average molecular weight is 333 g/mol. The molecule has 2 aliphatic rings. The first-order chi connectivity index (χ1) is 11.5. The zero-order valence-corrected chi connectivity index (χ0v) is 15.5. The number of urea groups is 1. The van der Waals surface area contributed by atoms with Crippen molar-refractivity contribution >= 4 is 6.03 Å². The molecule has 1 aromatic rings. The van der Waals surface area contributed by atoms with Gasteiger partial charge in [-0.3, -0.25) is 4.90 Å². The number of hydrogen-bond acceptors (Lipinski definition) is 3. The van der Waals surface area contributed by atoms with Crippen molar-refractivity contribution in [2.75, 3.05) is 13.6 Å². The Labute approximate surface area is 145 Å². The monoisotopic (exact) mass is 333 g/mol. The van der Waals surface area contributed by atoms with E-state index in [1.54, 1.807) is 0 Å². The third-order valence-corrected chi connectivity index (χ3v) is 5.61. The fourth-order valence-corrected chi connectivity index (χ4v) is 3.73. The highest BCUT2D eigenvalue weighted by molar-refractivity contribution is 5.75. The van der Waals surface area contributed by atoms with Crippen LogP contribution in [-0.2, 0) is 13.1 Å². The van der Waals surface area contributed by atoms with E-state index in [2.05, 4.69) is 47.6 Å². The molecule has 1 aliphatic carbocycles. The third kappa shape index (κ3) is 3.43. The predicted octanol–water partition coefficient (Wildman–Crippen LogP) is 2.75. The normalized spacial score (nSPS) is 21.6. The van der Waals surface area contributed by atoms with Crippen LogP contribution >= 0.6 is 0 Å². The van der Waals surface area contributed by atoms with Crippen LogP contribution in [0.3, 0.4) is 0 Å². The standard InChI is InChI=1S/C18H31N5O/c1-13(2)21(4)12-16-11-19-17-14(3)22(9-10-23(16)17)18(24)20-15-7-5-6-8-15/h11,13-15H,5-10,12H2,1-4H3,(H,20,24). The predicted molar refractivity (Wildman–Crippen MR) is 94.7 cm³/mol. The molecule has 1 fully saturated rings. The number of aromatic nitrogens is 2. The summed E-state index contributed by atoms with van der Waals surface area (Å²) in [7, 11) is 2.14. The summed E-state index contributed by atoms with van der Waals surface area (Å²) >= 11 is 0. The molecule has 24 heavy (non-hydrogen) atoms. The molecule has 1 aromatic heterocycles. The molecular formula is C18H31N5O. The fourth-order valence-electron chi connectivity index (χ4n) is 3.73. The quantitative estimate of drug-likeness (QED) is 0.922. The van der Waals surface area contributed by atoms with Crippen LogP contribution in [0, 0.1) is 0 Å². The fraction of sp³-hybridized carbons (Fsp3) is 0.778. The average Bonchev–Trinajstić information content (AvgIpc) is 3.18. The zero-order valence-electron chi connectivity index (χ0n) is 15.5. The maximum absolute atomic E-state index is 12.6. The summed E-state index contributed by atoms with van der Waals surface area (Å²) in [5, 5.41) is 3.21. The van der Waals surface area contributed by atoms with Crippen LogP contribution in [0.25, 0.3) is 0 Å². The summed E-state index contributed by atoms with van der Waals surface area (Å²) in [6.07, 6.45) is 6.68. The molecular weight excluding hydrogens is 302 g/mol. The molecule has 1 saturated carbocycles. The minimum Gasteiger partial charge on any atom is -0.335 e. The second-order valence-corrected chi connectivity index (χ2v) is 7.57. The van der Waals surface area contributed by atoms with Crippen LogP contribution in [-0.4, -0.2) is 51.1 Å². The van der Waals surface area contributed by atoms with E-state index < -0.39 is 0 Å². The number of rotatable bonds is 4. The molecule has 2 amide bonds. The van der Waals surface area contributed by atoms with Gasteiger partial charge in [-0.05, 0) is 40.7 Å². The van der Waals surface area contributed by atoms with E-state index in [4.69, 9.17) is 0 Å². The summed E-state index contributed by atoms with van der Waals surface area (Å²) < 4.78 is 2.29. The van der Waals surface area contributed by atoms with Crippen molar-refractivity contribution in [1.82, 2.24) is 24.7 Å². The highest BCUT2D eigenvalue weighted by Crippen LogP contribution is 2.26. The topological polar surface area (TPSA) is 53.4 Å². The summed E-state index contributed by atoms with van der Waals surface area (Å²) in [6, 6.07) is 0.968. The third-order valence-electron chi connectivity index (χ3n) is 5.61. The summed E-state index contributed by atoms with van der Waals surface area (Å²) in [6.45, 7) is 8.96. The molecule has 6 heteroatoms. The van der Waals surface area contributed by atoms with Crippen LogP contribution in [0.5, 0.6) is 0 Å². The summed E-state index contributed by atoms with van der Waals surface area (Å²) in [5.41, 5.74) is 1.24. The van der Waals surface area contributed by atoms with Crippen LogP contribution in [0.2, 0.25) is 0 Å². The van der Waals surface area contributed by atoms with E-state index >= 15 is 0 Å². The second-order valence-electron chi connectivity index (χ2n) is 7.57. The number of hydrogen-bond donors (Lipinski definition) is 1. The number of nitrogens with one attached hydrogen (secondary N) is 1. The molecule has 0 radical (unpaired) electrons. The lowest BCUT2D eigenvalue weighted by Gasteiger charge is -2.35. The van der Waals surface area contributed by atoms with Crippen molar-refractivity contribution in [3.05, 3.63) is 17.7 Å². The largest absolute Gasteiger partial charge is 0.335 e. The van der Waals surface area contributed by atoms with Gasteiger partial charge in [0.25, 0.3) is 0 Å². The van der Waals surface area contributed by atoms with Gasteiger partial charge in [0.15, 0.2) is 0 Å². The van der Waals surface area contributed by atoms with E-state index in [1.807, 2.05) is 11.1 Å². The van der Waals surface area contributed by atoms with Gasteiger partial charge in [0.1, 0.15) is 5.82 Å². The van der Waals surface area contributed by atoms with E-state index in [9.17, 15) is 4.79 Å². The molecule has 0 spiro atoms. The minimum atomic E-state index is 0.0262. The molecule has 1 unspecified atom stereocenters. The van der Waals surface area contributed by atoms with Gasteiger partial charge in [-0.1, -0.05) is 12.8 Å². The molecule has 0 saturated heterocycles. The van der Waals surface area contributed by atoms with Gasteiger partial charge in [-0.15, -0.1) is 0 Å². The van der Waals surface area contributed by atoms with Gasteiger partial charge in [-0.25, -0.2) is 9.78 Å². The lowest BCUT2D eigenvalue weighted by molar-refractivity contribution is 0.155.